The zero-order chi connectivity index (χ0) is 24.8. The summed E-state index contributed by atoms with van der Waals surface area (Å²) in [6.07, 6.45) is 1.59. The van der Waals surface area contributed by atoms with Crippen LogP contribution in [-0.4, -0.2) is 36.5 Å². The number of carbonyl (C=O) groups excluding carboxylic acids is 3. The first kappa shape index (κ1) is 23.4. The van der Waals surface area contributed by atoms with Gasteiger partial charge in [-0.1, -0.05) is 48.5 Å². The highest BCUT2D eigenvalue weighted by Crippen LogP contribution is 2.28. The second kappa shape index (κ2) is 10.5. The summed E-state index contributed by atoms with van der Waals surface area (Å²) in [7, 11) is 1.28. The van der Waals surface area contributed by atoms with Crippen LogP contribution in [0, 0.1) is 6.92 Å². The number of anilines is 1. The third-order valence-corrected chi connectivity index (χ3v) is 5.21. The van der Waals surface area contributed by atoms with E-state index in [9.17, 15) is 14.4 Å². The molecule has 4 aromatic rings. The molecule has 1 N–H and O–H groups in total. The van der Waals surface area contributed by atoms with Crippen LogP contribution in [0.25, 0.3) is 22.8 Å². The van der Waals surface area contributed by atoms with Crippen molar-refractivity contribution in [3.05, 3.63) is 95.7 Å². The van der Waals surface area contributed by atoms with Gasteiger partial charge in [-0.25, -0.2) is 14.6 Å². The van der Waals surface area contributed by atoms with Crippen molar-refractivity contribution >= 4 is 23.5 Å². The zero-order valence-corrected chi connectivity index (χ0v) is 19.1. The van der Waals surface area contributed by atoms with Crippen LogP contribution in [0.4, 0.5) is 5.69 Å². The fourth-order valence-electron chi connectivity index (χ4n) is 3.38. The van der Waals surface area contributed by atoms with Crippen LogP contribution in [0.2, 0.25) is 0 Å². The monoisotopic (exact) mass is 470 g/mol. The number of hydrogen-bond donors (Lipinski definition) is 1. The van der Waals surface area contributed by atoms with Gasteiger partial charge in [-0.3, -0.25) is 4.79 Å². The van der Waals surface area contributed by atoms with Gasteiger partial charge in [0, 0.05) is 11.3 Å². The number of oxazole rings is 1. The van der Waals surface area contributed by atoms with E-state index in [1.165, 1.54) is 13.2 Å². The maximum Gasteiger partial charge on any atom is 0.339 e. The van der Waals surface area contributed by atoms with E-state index in [0.717, 1.165) is 11.1 Å². The molecule has 1 amide bonds. The molecule has 4 rings (SSSR count). The minimum Gasteiger partial charge on any atom is -0.465 e. The van der Waals surface area contributed by atoms with Gasteiger partial charge >= 0.3 is 11.9 Å². The summed E-state index contributed by atoms with van der Waals surface area (Å²) in [6, 6.07) is 21.0. The fourth-order valence-corrected chi connectivity index (χ4v) is 3.38. The Bertz CT molecular complexity index is 1380. The third kappa shape index (κ3) is 5.44. The Labute approximate surface area is 201 Å². The third-order valence-electron chi connectivity index (χ3n) is 5.21. The van der Waals surface area contributed by atoms with Crippen molar-refractivity contribution in [2.24, 2.45) is 0 Å². The molecule has 0 saturated carbocycles. The van der Waals surface area contributed by atoms with Gasteiger partial charge in [0.25, 0.3) is 5.91 Å². The minimum atomic E-state index is -0.699. The first-order valence-electron chi connectivity index (χ1n) is 10.7. The molecule has 0 saturated heterocycles. The molecule has 0 bridgehead atoms. The van der Waals surface area contributed by atoms with E-state index < -0.39 is 24.5 Å². The van der Waals surface area contributed by atoms with Crippen molar-refractivity contribution < 1.29 is 28.3 Å². The molecule has 3 aromatic carbocycles. The van der Waals surface area contributed by atoms with E-state index in [-0.39, 0.29) is 11.5 Å². The highest BCUT2D eigenvalue weighted by molar-refractivity contribution is 5.99. The van der Waals surface area contributed by atoms with Gasteiger partial charge in [0.15, 0.2) is 12.4 Å². The number of hydrogen-bond acceptors (Lipinski definition) is 7. The average molecular weight is 470 g/mol. The smallest absolute Gasteiger partial charge is 0.339 e. The molecule has 0 radical (unpaired) electrons. The maximum absolute atomic E-state index is 12.8. The SMILES string of the molecule is COC(=O)c1ccc(C)c(NC(=O)COC(=O)c2ccccc2-c2ncc(-c3ccccc3)o2)c1. The van der Waals surface area contributed by atoms with Gasteiger partial charge in [0.2, 0.25) is 5.89 Å². The normalized spacial score (nSPS) is 10.5. The van der Waals surface area contributed by atoms with Gasteiger partial charge in [-0.15, -0.1) is 0 Å². The predicted octanol–water partition coefficient (Wildman–Crippen LogP) is 4.90. The van der Waals surface area contributed by atoms with E-state index in [2.05, 4.69) is 10.3 Å². The lowest BCUT2D eigenvalue weighted by Crippen LogP contribution is -2.22. The number of methoxy groups -OCH3 is 1. The molecular weight excluding hydrogens is 448 g/mol. The van der Waals surface area contributed by atoms with Crippen molar-refractivity contribution in [3.63, 3.8) is 0 Å². The van der Waals surface area contributed by atoms with Gasteiger partial charge in [-0.05, 0) is 36.8 Å². The zero-order valence-electron chi connectivity index (χ0n) is 19.1. The lowest BCUT2D eigenvalue weighted by molar-refractivity contribution is -0.119. The maximum atomic E-state index is 12.8. The van der Waals surface area contributed by atoms with Crippen molar-refractivity contribution in [1.29, 1.82) is 0 Å². The highest BCUT2D eigenvalue weighted by atomic mass is 16.5. The standard InChI is InChI=1S/C27H22N2O6/c1-17-12-13-19(26(31)33-2)14-22(17)29-24(30)16-34-27(32)21-11-7-6-10-20(21)25-28-15-23(35-25)18-8-4-3-5-9-18/h3-15H,16H2,1-2H3,(H,29,30). The van der Waals surface area contributed by atoms with Crippen LogP contribution in [0.5, 0.6) is 0 Å². The minimum absolute atomic E-state index is 0.214. The van der Waals surface area contributed by atoms with Crippen LogP contribution in [0.1, 0.15) is 26.3 Å². The number of amides is 1. The average Bonchev–Trinajstić information content (AvgIpc) is 3.39. The van der Waals surface area contributed by atoms with E-state index >= 15 is 0 Å². The first-order valence-corrected chi connectivity index (χ1v) is 10.7. The number of ether oxygens (including phenoxy) is 2. The first-order chi connectivity index (χ1) is 17.0. The molecule has 0 aliphatic carbocycles. The Hall–Kier alpha value is -4.72. The molecule has 0 atom stereocenters. The summed E-state index contributed by atoms with van der Waals surface area (Å²) in [5, 5.41) is 2.65. The number of aromatic nitrogens is 1. The number of nitrogens with one attached hydrogen (secondary N) is 1. The molecule has 35 heavy (non-hydrogen) atoms. The van der Waals surface area contributed by atoms with Crippen LogP contribution < -0.4 is 5.32 Å². The molecule has 1 aromatic heterocycles. The molecule has 0 aliphatic heterocycles. The fraction of sp³-hybridized carbons (Fsp3) is 0.111. The summed E-state index contributed by atoms with van der Waals surface area (Å²) >= 11 is 0. The number of aryl methyl sites for hydroxylation is 1. The number of esters is 2. The van der Waals surface area contributed by atoms with Gasteiger partial charge in [0.05, 0.1) is 30.0 Å². The van der Waals surface area contributed by atoms with Gasteiger partial charge in [-0.2, -0.15) is 0 Å². The van der Waals surface area contributed by atoms with Crippen molar-refractivity contribution in [1.82, 2.24) is 4.98 Å². The second-order valence-corrected chi connectivity index (χ2v) is 7.59. The Morgan fingerprint density at radius 3 is 2.46 bits per heavy atom. The summed E-state index contributed by atoms with van der Waals surface area (Å²) in [6.45, 7) is 1.26. The van der Waals surface area contributed by atoms with Crippen molar-refractivity contribution in [3.8, 4) is 22.8 Å². The van der Waals surface area contributed by atoms with Crippen molar-refractivity contribution in [2.45, 2.75) is 6.92 Å². The largest absolute Gasteiger partial charge is 0.465 e. The van der Waals surface area contributed by atoms with Crippen LogP contribution in [-0.2, 0) is 14.3 Å². The molecule has 0 aliphatic rings. The van der Waals surface area contributed by atoms with Gasteiger partial charge < -0.3 is 19.2 Å². The Morgan fingerprint density at radius 2 is 1.69 bits per heavy atom. The molecule has 1 heterocycles. The lowest BCUT2D eigenvalue weighted by Gasteiger charge is -2.11. The number of nitrogens with zero attached hydrogens (tertiary/aromatic N) is 1. The Balaban J connectivity index is 1.45. The number of benzene rings is 3. The highest BCUT2D eigenvalue weighted by Gasteiger charge is 2.19. The summed E-state index contributed by atoms with van der Waals surface area (Å²) in [4.78, 5) is 41.3. The quantitative estimate of drug-likeness (QED) is 0.383. The summed E-state index contributed by atoms with van der Waals surface area (Å²) in [5.74, 6) is -0.951. The molecule has 0 unspecified atom stereocenters. The summed E-state index contributed by atoms with van der Waals surface area (Å²) < 4.78 is 15.8. The van der Waals surface area contributed by atoms with Crippen LogP contribution >= 0.6 is 0 Å². The Morgan fingerprint density at radius 1 is 0.943 bits per heavy atom. The van der Waals surface area contributed by atoms with Crippen LogP contribution in [0.3, 0.4) is 0 Å². The predicted molar refractivity (Wildman–Crippen MR) is 129 cm³/mol. The van der Waals surface area contributed by atoms with Crippen molar-refractivity contribution in [2.75, 3.05) is 19.0 Å². The van der Waals surface area contributed by atoms with Gasteiger partial charge in [0.1, 0.15) is 0 Å². The Kier molecular flexibility index (Phi) is 7.02. The lowest BCUT2D eigenvalue weighted by atomic mass is 10.1. The van der Waals surface area contributed by atoms with E-state index in [1.54, 1.807) is 49.5 Å². The van der Waals surface area contributed by atoms with E-state index in [4.69, 9.17) is 13.9 Å². The topological polar surface area (TPSA) is 108 Å². The molecule has 176 valence electrons. The molecular formula is C27H22N2O6. The summed E-state index contributed by atoms with van der Waals surface area (Å²) in [5.41, 5.74) is 2.96. The molecule has 8 heteroatoms. The van der Waals surface area contributed by atoms with E-state index in [0.29, 0.717) is 22.6 Å². The van der Waals surface area contributed by atoms with Crippen LogP contribution in [0.15, 0.2) is 83.4 Å². The molecule has 8 nitrogen and oxygen atoms in total. The van der Waals surface area contributed by atoms with E-state index in [1.807, 2.05) is 30.3 Å². The molecule has 0 spiro atoms. The number of rotatable bonds is 7. The number of carbonyl (C=O) groups is 3. The second-order valence-electron chi connectivity index (χ2n) is 7.59. The molecule has 0 fully saturated rings.